The molecule has 3 rings (SSSR count). The van der Waals surface area contributed by atoms with Gasteiger partial charge in [0.2, 0.25) is 0 Å². The van der Waals surface area contributed by atoms with Crippen molar-refractivity contribution in [2.24, 2.45) is 5.10 Å². The van der Waals surface area contributed by atoms with E-state index in [1.165, 1.54) is 6.21 Å². The Bertz CT molecular complexity index is 1030. The van der Waals surface area contributed by atoms with Crippen LogP contribution in [0.15, 0.2) is 77.9 Å². The van der Waals surface area contributed by atoms with Crippen molar-refractivity contribution in [3.8, 4) is 5.75 Å². The Balaban J connectivity index is 1.59. The number of halogens is 1. The van der Waals surface area contributed by atoms with Crippen LogP contribution in [0, 0.1) is 6.92 Å². The number of carbonyl (C=O) groups is 2. The Morgan fingerprint density at radius 2 is 1.57 bits per heavy atom. The molecule has 0 spiro atoms. The second-order valence-electron chi connectivity index (χ2n) is 5.95. The van der Waals surface area contributed by atoms with Crippen LogP contribution in [-0.2, 0) is 0 Å². The second-order valence-corrected chi connectivity index (χ2v) is 6.36. The summed E-state index contributed by atoms with van der Waals surface area (Å²) in [5, 5.41) is 4.29. The van der Waals surface area contributed by atoms with Crippen molar-refractivity contribution in [3.63, 3.8) is 0 Å². The van der Waals surface area contributed by atoms with E-state index in [9.17, 15) is 9.59 Å². The first kappa shape index (κ1) is 19.3. The van der Waals surface area contributed by atoms with Gasteiger partial charge in [-0.15, -0.1) is 0 Å². The van der Waals surface area contributed by atoms with Crippen LogP contribution in [0.25, 0.3) is 0 Å². The zero-order valence-electron chi connectivity index (χ0n) is 15.1. The molecule has 0 radical (unpaired) electrons. The van der Waals surface area contributed by atoms with Gasteiger partial charge in [-0.25, -0.2) is 10.2 Å². The smallest absolute Gasteiger partial charge is 0.345 e. The lowest BCUT2D eigenvalue weighted by atomic mass is 10.1. The highest BCUT2D eigenvalue weighted by atomic mass is 35.5. The molecule has 5 nitrogen and oxygen atoms in total. The van der Waals surface area contributed by atoms with E-state index in [2.05, 4.69) is 10.5 Å². The molecule has 0 aromatic heterocycles. The first-order valence-corrected chi connectivity index (χ1v) is 8.88. The molecule has 1 amide bonds. The summed E-state index contributed by atoms with van der Waals surface area (Å²) in [6, 6.07) is 20.7. The number of aryl methyl sites for hydroxylation is 1. The third kappa shape index (κ3) is 4.84. The number of ether oxygens (including phenoxy) is 1. The van der Waals surface area contributed by atoms with Gasteiger partial charge in [0.15, 0.2) is 0 Å². The van der Waals surface area contributed by atoms with E-state index in [1.807, 2.05) is 19.1 Å². The van der Waals surface area contributed by atoms with Crippen molar-refractivity contribution in [2.45, 2.75) is 6.92 Å². The summed E-state index contributed by atoms with van der Waals surface area (Å²) in [5.74, 6) is -0.428. The van der Waals surface area contributed by atoms with Gasteiger partial charge in [-0.05, 0) is 60.5 Å². The van der Waals surface area contributed by atoms with Gasteiger partial charge >= 0.3 is 5.97 Å². The molecule has 0 saturated carbocycles. The first-order chi connectivity index (χ1) is 13.5. The van der Waals surface area contributed by atoms with Gasteiger partial charge in [0.1, 0.15) is 5.75 Å². The molecule has 3 aromatic rings. The topological polar surface area (TPSA) is 67.8 Å². The number of nitrogens with one attached hydrogen (secondary N) is 1. The molecule has 0 aliphatic carbocycles. The molecule has 140 valence electrons. The number of hydrazone groups is 1. The minimum atomic E-state index is -0.530. The first-order valence-electron chi connectivity index (χ1n) is 8.50. The summed E-state index contributed by atoms with van der Waals surface area (Å²) < 4.78 is 5.31. The molecule has 28 heavy (non-hydrogen) atoms. The van der Waals surface area contributed by atoms with Crippen molar-refractivity contribution in [1.29, 1.82) is 0 Å². The Morgan fingerprint density at radius 1 is 0.929 bits per heavy atom. The fourth-order valence-electron chi connectivity index (χ4n) is 2.46. The number of benzene rings is 3. The van der Waals surface area contributed by atoms with E-state index < -0.39 is 5.97 Å². The van der Waals surface area contributed by atoms with Crippen LogP contribution in [0.2, 0.25) is 5.02 Å². The predicted octanol–water partition coefficient (Wildman–Crippen LogP) is 4.63. The van der Waals surface area contributed by atoms with Crippen LogP contribution >= 0.6 is 11.6 Å². The van der Waals surface area contributed by atoms with Crippen LogP contribution in [0.4, 0.5) is 0 Å². The number of carbonyl (C=O) groups excluding carboxylic acids is 2. The summed E-state index contributed by atoms with van der Waals surface area (Å²) in [7, 11) is 0. The third-order valence-electron chi connectivity index (χ3n) is 3.95. The third-order valence-corrected chi connectivity index (χ3v) is 4.28. The SMILES string of the molecule is Cc1ccccc1C(=O)N/N=C/c1ccc(OC(=O)c2ccccc2Cl)cc1. The zero-order valence-corrected chi connectivity index (χ0v) is 15.8. The predicted molar refractivity (Wildman–Crippen MR) is 109 cm³/mol. The average Bonchev–Trinajstić information content (AvgIpc) is 2.70. The monoisotopic (exact) mass is 392 g/mol. The highest BCUT2D eigenvalue weighted by Crippen LogP contribution is 2.19. The number of esters is 1. The Hall–Kier alpha value is -3.44. The Labute approximate surface area is 167 Å². The summed E-state index contributed by atoms with van der Waals surface area (Å²) in [4.78, 5) is 24.2. The molecule has 0 bridgehead atoms. The maximum Gasteiger partial charge on any atom is 0.345 e. The molecule has 0 unspecified atom stereocenters. The van der Waals surface area contributed by atoms with Crippen LogP contribution in [0.3, 0.4) is 0 Å². The highest BCUT2D eigenvalue weighted by molar-refractivity contribution is 6.33. The molecular weight excluding hydrogens is 376 g/mol. The van der Waals surface area contributed by atoms with Crippen LogP contribution in [-0.4, -0.2) is 18.1 Å². The van der Waals surface area contributed by atoms with Gasteiger partial charge in [-0.1, -0.05) is 41.9 Å². The van der Waals surface area contributed by atoms with Crippen molar-refractivity contribution < 1.29 is 14.3 Å². The minimum Gasteiger partial charge on any atom is -0.423 e. The Kier molecular flexibility index (Phi) is 6.19. The molecular formula is C22H17ClN2O3. The summed E-state index contributed by atoms with van der Waals surface area (Å²) in [6.45, 7) is 1.86. The quantitative estimate of drug-likeness (QED) is 0.298. The van der Waals surface area contributed by atoms with Gasteiger partial charge in [0, 0.05) is 5.56 Å². The van der Waals surface area contributed by atoms with Crippen LogP contribution < -0.4 is 10.2 Å². The minimum absolute atomic E-state index is 0.278. The van der Waals surface area contributed by atoms with Crippen molar-refractivity contribution in [3.05, 3.63) is 100 Å². The molecule has 0 saturated heterocycles. The van der Waals surface area contributed by atoms with Crippen molar-refractivity contribution >= 4 is 29.7 Å². The van der Waals surface area contributed by atoms with E-state index in [1.54, 1.807) is 60.7 Å². The van der Waals surface area contributed by atoms with E-state index in [4.69, 9.17) is 16.3 Å². The normalized spacial score (nSPS) is 10.6. The van der Waals surface area contributed by atoms with Crippen LogP contribution in [0.5, 0.6) is 5.75 Å². The summed E-state index contributed by atoms with van der Waals surface area (Å²) in [5.41, 5.74) is 4.98. The summed E-state index contributed by atoms with van der Waals surface area (Å²) in [6.07, 6.45) is 1.51. The lowest BCUT2D eigenvalue weighted by Crippen LogP contribution is -2.18. The van der Waals surface area contributed by atoms with E-state index in [0.29, 0.717) is 21.9 Å². The number of nitrogens with zero attached hydrogens (tertiary/aromatic N) is 1. The largest absolute Gasteiger partial charge is 0.423 e. The molecule has 0 aliphatic rings. The van der Waals surface area contributed by atoms with Crippen molar-refractivity contribution in [1.82, 2.24) is 5.43 Å². The van der Waals surface area contributed by atoms with Gasteiger partial charge < -0.3 is 4.74 Å². The number of hydrogen-bond donors (Lipinski definition) is 1. The molecule has 0 fully saturated rings. The zero-order chi connectivity index (χ0) is 19.9. The lowest BCUT2D eigenvalue weighted by Gasteiger charge is -2.06. The number of rotatable bonds is 5. The molecule has 6 heteroatoms. The standard InChI is InChI=1S/C22H17ClN2O3/c1-15-6-2-3-7-18(15)21(26)25-24-14-16-10-12-17(13-11-16)28-22(27)19-8-4-5-9-20(19)23/h2-14H,1H3,(H,25,26)/b24-14+. The maximum atomic E-state index is 12.1. The van der Waals surface area contributed by atoms with Gasteiger partial charge in [-0.2, -0.15) is 5.10 Å². The fraction of sp³-hybridized carbons (Fsp3) is 0.0455. The van der Waals surface area contributed by atoms with Crippen LogP contribution in [0.1, 0.15) is 31.8 Å². The van der Waals surface area contributed by atoms with Crippen molar-refractivity contribution in [2.75, 3.05) is 0 Å². The Morgan fingerprint density at radius 3 is 2.25 bits per heavy atom. The molecule has 0 aliphatic heterocycles. The number of hydrogen-bond acceptors (Lipinski definition) is 4. The molecule has 0 heterocycles. The molecule has 1 N–H and O–H groups in total. The van der Waals surface area contributed by atoms with E-state index in [0.717, 1.165) is 11.1 Å². The lowest BCUT2D eigenvalue weighted by molar-refractivity contribution is 0.0734. The van der Waals surface area contributed by atoms with Gasteiger partial charge in [0.05, 0.1) is 16.8 Å². The highest BCUT2D eigenvalue weighted by Gasteiger charge is 2.12. The number of amides is 1. The maximum absolute atomic E-state index is 12.1. The van der Waals surface area contributed by atoms with E-state index in [-0.39, 0.29) is 5.91 Å². The van der Waals surface area contributed by atoms with E-state index >= 15 is 0 Å². The van der Waals surface area contributed by atoms with Gasteiger partial charge in [0.25, 0.3) is 5.91 Å². The summed E-state index contributed by atoms with van der Waals surface area (Å²) >= 11 is 5.99. The molecule has 3 aromatic carbocycles. The molecule has 0 atom stereocenters. The average molecular weight is 393 g/mol. The fourth-order valence-corrected chi connectivity index (χ4v) is 2.68. The second kappa shape index (κ2) is 8.97. The van der Waals surface area contributed by atoms with Gasteiger partial charge in [-0.3, -0.25) is 4.79 Å².